The van der Waals surface area contributed by atoms with Crippen LogP contribution in [0.15, 0.2) is 48.5 Å². The molecule has 0 spiro atoms. The van der Waals surface area contributed by atoms with Crippen molar-refractivity contribution in [3.8, 4) is 11.5 Å². The molecule has 6 nitrogen and oxygen atoms in total. The van der Waals surface area contributed by atoms with Gasteiger partial charge in [-0.15, -0.1) is 0 Å². The van der Waals surface area contributed by atoms with Crippen LogP contribution in [-0.4, -0.2) is 31.1 Å². The van der Waals surface area contributed by atoms with Gasteiger partial charge < -0.3 is 19.7 Å². The van der Waals surface area contributed by atoms with Crippen LogP contribution in [0.3, 0.4) is 0 Å². The smallest absolute Gasteiger partial charge is 0.265 e. The molecule has 0 aromatic heterocycles. The molecule has 0 saturated heterocycles. The lowest BCUT2D eigenvalue weighted by Gasteiger charge is -2.29. The first-order valence-corrected chi connectivity index (χ1v) is 10.3. The fourth-order valence-corrected chi connectivity index (χ4v) is 3.27. The summed E-state index contributed by atoms with van der Waals surface area (Å²) >= 11 is 0. The van der Waals surface area contributed by atoms with E-state index >= 15 is 0 Å². The number of carbonyl (C=O) groups is 2. The number of ether oxygens (including phenoxy) is 2. The summed E-state index contributed by atoms with van der Waals surface area (Å²) in [4.78, 5) is 27.4. The molecule has 6 heteroatoms. The molecule has 30 heavy (non-hydrogen) atoms. The van der Waals surface area contributed by atoms with Gasteiger partial charge in [0.25, 0.3) is 5.91 Å². The number of rotatable bonds is 6. The monoisotopic (exact) mass is 410 g/mol. The molecule has 1 heterocycles. The van der Waals surface area contributed by atoms with Crippen LogP contribution in [0.5, 0.6) is 11.5 Å². The third-order valence-corrected chi connectivity index (χ3v) is 4.90. The van der Waals surface area contributed by atoms with Crippen LogP contribution in [0.2, 0.25) is 0 Å². The van der Waals surface area contributed by atoms with Crippen molar-refractivity contribution in [1.29, 1.82) is 0 Å². The van der Waals surface area contributed by atoms with Gasteiger partial charge in [0.15, 0.2) is 6.10 Å². The van der Waals surface area contributed by atoms with Crippen LogP contribution < -0.4 is 19.7 Å². The van der Waals surface area contributed by atoms with Crippen molar-refractivity contribution in [3.63, 3.8) is 0 Å². The molecule has 1 N–H and O–H groups in total. The van der Waals surface area contributed by atoms with Gasteiger partial charge in [0.1, 0.15) is 18.1 Å². The molecule has 0 saturated carbocycles. The highest BCUT2D eigenvalue weighted by Crippen LogP contribution is 2.38. The molecule has 0 radical (unpaired) electrons. The van der Waals surface area contributed by atoms with Crippen LogP contribution >= 0.6 is 0 Å². The van der Waals surface area contributed by atoms with Gasteiger partial charge in [0.2, 0.25) is 5.91 Å². The predicted molar refractivity (Wildman–Crippen MR) is 118 cm³/mol. The first-order valence-electron chi connectivity index (χ1n) is 10.3. The number of anilines is 2. The molecule has 1 aliphatic heterocycles. The van der Waals surface area contributed by atoms with E-state index in [1.807, 2.05) is 50.2 Å². The maximum absolute atomic E-state index is 13.1. The fourth-order valence-electron chi connectivity index (χ4n) is 3.27. The van der Waals surface area contributed by atoms with Gasteiger partial charge in [0, 0.05) is 18.3 Å². The van der Waals surface area contributed by atoms with Gasteiger partial charge in [0.05, 0.1) is 11.1 Å². The van der Waals surface area contributed by atoms with Crippen LogP contribution in [0.1, 0.15) is 34.6 Å². The molecule has 0 fully saturated rings. The van der Waals surface area contributed by atoms with Crippen molar-refractivity contribution >= 4 is 23.2 Å². The summed E-state index contributed by atoms with van der Waals surface area (Å²) < 4.78 is 11.7. The van der Waals surface area contributed by atoms with Crippen molar-refractivity contribution < 1.29 is 19.1 Å². The first-order chi connectivity index (χ1) is 14.2. The minimum atomic E-state index is -0.662. The molecule has 0 bridgehead atoms. The summed E-state index contributed by atoms with van der Waals surface area (Å²) in [5, 5.41) is 2.87. The molecule has 1 atom stereocenters. The zero-order valence-corrected chi connectivity index (χ0v) is 18.3. The van der Waals surface area contributed by atoms with Gasteiger partial charge in [-0.05, 0) is 51.0 Å². The SMILES string of the molecule is CC(C)CN1C(=O)C(C)(C)COc2cc(NC(=O)C(C)Oc3ccccc3)ccc21. The molecule has 160 valence electrons. The van der Waals surface area contributed by atoms with E-state index in [4.69, 9.17) is 9.47 Å². The zero-order valence-electron chi connectivity index (χ0n) is 18.3. The van der Waals surface area contributed by atoms with Gasteiger partial charge in [-0.2, -0.15) is 0 Å². The lowest BCUT2D eigenvalue weighted by Crippen LogP contribution is -2.43. The summed E-state index contributed by atoms with van der Waals surface area (Å²) in [5.74, 6) is 1.31. The van der Waals surface area contributed by atoms with Crippen molar-refractivity contribution in [2.45, 2.75) is 40.7 Å². The minimum absolute atomic E-state index is 0.0385. The van der Waals surface area contributed by atoms with Crippen LogP contribution in [-0.2, 0) is 9.59 Å². The van der Waals surface area contributed by atoms with E-state index in [1.165, 1.54) is 0 Å². The largest absolute Gasteiger partial charge is 0.490 e. The third-order valence-electron chi connectivity index (χ3n) is 4.90. The van der Waals surface area contributed by atoms with Gasteiger partial charge in [-0.1, -0.05) is 32.0 Å². The van der Waals surface area contributed by atoms with Crippen LogP contribution in [0.4, 0.5) is 11.4 Å². The Labute approximate surface area is 178 Å². The maximum atomic E-state index is 13.1. The van der Waals surface area contributed by atoms with Crippen molar-refractivity contribution in [2.75, 3.05) is 23.4 Å². The number of amides is 2. The molecule has 3 rings (SSSR count). The Bertz CT molecular complexity index is 909. The highest BCUT2D eigenvalue weighted by molar-refractivity contribution is 6.00. The second-order valence-electron chi connectivity index (χ2n) is 8.73. The fraction of sp³-hybridized carbons (Fsp3) is 0.417. The van der Waals surface area contributed by atoms with Crippen molar-refractivity contribution in [2.24, 2.45) is 11.3 Å². The maximum Gasteiger partial charge on any atom is 0.265 e. The van der Waals surface area contributed by atoms with Gasteiger partial charge in [-0.25, -0.2) is 0 Å². The quantitative estimate of drug-likeness (QED) is 0.761. The number of carbonyl (C=O) groups excluding carboxylic acids is 2. The Hall–Kier alpha value is -3.02. The number of benzene rings is 2. The number of nitrogens with zero attached hydrogens (tertiary/aromatic N) is 1. The molecule has 2 aromatic rings. The predicted octanol–water partition coefficient (Wildman–Crippen LogP) is 4.50. The minimum Gasteiger partial charge on any atom is -0.490 e. The van der Waals surface area contributed by atoms with Gasteiger partial charge >= 0.3 is 0 Å². The number of para-hydroxylation sites is 1. The van der Waals surface area contributed by atoms with Gasteiger partial charge in [-0.3, -0.25) is 9.59 Å². The standard InChI is InChI=1S/C24H30N2O4/c1-16(2)14-26-20-12-11-18(13-21(20)29-15-24(4,5)23(26)28)25-22(27)17(3)30-19-9-7-6-8-10-19/h6-13,16-17H,14-15H2,1-5H3,(H,25,27). The lowest BCUT2D eigenvalue weighted by molar-refractivity contribution is -0.127. The Kier molecular flexibility index (Phi) is 6.34. The molecule has 2 aromatic carbocycles. The zero-order chi connectivity index (χ0) is 21.9. The molecular weight excluding hydrogens is 380 g/mol. The first kappa shape index (κ1) is 21.7. The molecule has 1 aliphatic rings. The normalized spacial score (nSPS) is 16.3. The van der Waals surface area contributed by atoms with E-state index < -0.39 is 11.5 Å². The van der Waals surface area contributed by atoms with Crippen molar-refractivity contribution in [3.05, 3.63) is 48.5 Å². The average molecular weight is 411 g/mol. The second-order valence-corrected chi connectivity index (χ2v) is 8.73. The Balaban J connectivity index is 1.78. The molecular formula is C24H30N2O4. The lowest BCUT2D eigenvalue weighted by atomic mass is 9.92. The summed E-state index contributed by atoms with van der Waals surface area (Å²) in [6.07, 6.45) is -0.662. The summed E-state index contributed by atoms with van der Waals surface area (Å²) in [6.45, 7) is 10.5. The summed E-state index contributed by atoms with van der Waals surface area (Å²) in [6, 6.07) is 14.6. The van der Waals surface area contributed by atoms with E-state index in [-0.39, 0.29) is 18.4 Å². The number of fused-ring (bicyclic) bond motifs is 1. The van der Waals surface area contributed by atoms with E-state index in [0.717, 1.165) is 5.69 Å². The number of hydrogen-bond donors (Lipinski definition) is 1. The van der Waals surface area contributed by atoms with E-state index in [2.05, 4.69) is 19.2 Å². The number of hydrogen-bond acceptors (Lipinski definition) is 4. The molecule has 0 aliphatic carbocycles. The van der Waals surface area contributed by atoms with E-state index in [0.29, 0.717) is 29.6 Å². The number of nitrogens with one attached hydrogen (secondary N) is 1. The third kappa shape index (κ3) is 4.93. The topological polar surface area (TPSA) is 67.9 Å². The average Bonchev–Trinajstić information content (AvgIpc) is 2.78. The van der Waals surface area contributed by atoms with Crippen LogP contribution in [0.25, 0.3) is 0 Å². The van der Waals surface area contributed by atoms with Crippen molar-refractivity contribution in [1.82, 2.24) is 0 Å². The Morgan fingerprint density at radius 3 is 2.53 bits per heavy atom. The summed E-state index contributed by atoms with van der Waals surface area (Å²) in [7, 11) is 0. The van der Waals surface area contributed by atoms with Crippen LogP contribution in [0, 0.1) is 11.3 Å². The molecule has 2 amide bonds. The highest BCUT2D eigenvalue weighted by atomic mass is 16.5. The highest BCUT2D eigenvalue weighted by Gasteiger charge is 2.38. The second kappa shape index (κ2) is 8.78. The Morgan fingerprint density at radius 1 is 1.17 bits per heavy atom. The van der Waals surface area contributed by atoms with E-state index in [9.17, 15) is 9.59 Å². The summed E-state index contributed by atoms with van der Waals surface area (Å²) in [5.41, 5.74) is 0.694. The van der Waals surface area contributed by atoms with E-state index in [1.54, 1.807) is 24.0 Å². The Morgan fingerprint density at radius 2 is 1.87 bits per heavy atom. The molecule has 1 unspecified atom stereocenters.